The van der Waals surface area contributed by atoms with Crippen molar-refractivity contribution in [1.82, 2.24) is 20.0 Å². The zero-order valence-electron chi connectivity index (χ0n) is 14.3. The van der Waals surface area contributed by atoms with E-state index in [0.29, 0.717) is 17.3 Å². The third-order valence-electron chi connectivity index (χ3n) is 4.60. The number of hydrogen-bond donors (Lipinski definition) is 2. The minimum atomic E-state index is -0.371. The second-order valence-electron chi connectivity index (χ2n) is 6.57. The number of nitriles is 1. The third-order valence-corrected chi connectivity index (χ3v) is 4.60. The van der Waals surface area contributed by atoms with Gasteiger partial charge in [-0.3, -0.25) is 9.89 Å². The summed E-state index contributed by atoms with van der Waals surface area (Å²) in [5.74, 6) is 0.610. The van der Waals surface area contributed by atoms with E-state index in [1.54, 1.807) is 35.3 Å². The Hall–Kier alpha value is -3.40. The number of aromatic nitrogens is 4. The lowest BCUT2D eigenvalue weighted by atomic mass is 10.0. The van der Waals surface area contributed by atoms with Crippen LogP contribution >= 0.6 is 0 Å². The van der Waals surface area contributed by atoms with Gasteiger partial charge in [-0.2, -0.15) is 15.5 Å². The first-order chi connectivity index (χ1) is 12.6. The Kier molecular flexibility index (Phi) is 4.01. The van der Waals surface area contributed by atoms with Gasteiger partial charge in [0.25, 0.3) is 0 Å². The molecule has 0 radical (unpaired) electrons. The molecule has 3 aromatic rings. The maximum Gasteiger partial charge on any atom is 0.232 e. The summed E-state index contributed by atoms with van der Waals surface area (Å²) < 4.78 is 1.67. The fourth-order valence-electron chi connectivity index (χ4n) is 2.81. The number of hydrogen-bond acceptors (Lipinski definition) is 4. The second kappa shape index (κ2) is 6.48. The zero-order valence-corrected chi connectivity index (χ0v) is 14.3. The van der Waals surface area contributed by atoms with Crippen molar-refractivity contribution in [3.05, 3.63) is 59.5 Å². The van der Waals surface area contributed by atoms with E-state index in [4.69, 9.17) is 5.26 Å². The topological polar surface area (TPSA) is 99.4 Å². The molecule has 7 heteroatoms. The van der Waals surface area contributed by atoms with Crippen molar-refractivity contribution in [2.45, 2.75) is 31.6 Å². The lowest BCUT2D eigenvalue weighted by molar-refractivity contribution is -0.117. The molecule has 1 amide bonds. The molecular formula is C19H18N6O. The van der Waals surface area contributed by atoms with E-state index in [-0.39, 0.29) is 11.8 Å². The molecule has 2 aromatic heterocycles. The maximum absolute atomic E-state index is 12.5. The van der Waals surface area contributed by atoms with E-state index < -0.39 is 0 Å². The molecule has 7 nitrogen and oxygen atoms in total. The van der Waals surface area contributed by atoms with Gasteiger partial charge < -0.3 is 5.32 Å². The predicted molar refractivity (Wildman–Crippen MR) is 95.9 cm³/mol. The van der Waals surface area contributed by atoms with E-state index in [0.717, 1.165) is 16.9 Å². The van der Waals surface area contributed by atoms with Gasteiger partial charge >= 0.3 is 0 Å². The smallest absolute Gasteiger partial charge is 0.232 e. The van der Waals surface area contributed by atoms with E-state index in [1.165, 1.54) is 12.8 Å². The van der Waals surface area contributed by atoms with Gasteiger partial charge in [-0.1, -0.05) is 6.07 Å². The van der Waals surface area contributed by atoms with Crippen LogP contribution in [0, 0.1) is 11.3 Å². The largest absolute Gasteiger partial charge is 0.309 e. The number of nitrogens with zero attached hydrogens (tertiary/aromatic N) is 4. The molecule has 0 saturated heterocycles. The van der Waals surface area contributed by atoms with Crippen LogP contribution in [0.1, 0.15) is 48.4 Å². The van der Waals surface area contributed by atoms with Gasteiger partial charge in [0.05, 0.1) is 29.4 Å². The highest BCUT2D eigenvalue weighted by atomic mass is 16.1. The Morgan fingerprint density at radius 1 is 1.42 bits per heavy atom. The van der Waals surface area contributed by atoms with Crippen LogP contribution in [0.4, 0.5) is 5.82 Å². The standard InChI is InChI=1S/C19H18N6O/c1-12(19(26)22-18-8-17(23-24-18)14-5-6-14)15-10-21-25(11-15)16-4-2-3-13(7-16)9-20/h2-4,7-8,10-12,14H,5-6H2,1H3,(H2,22,23,24,26). The molecule has 130 valence electrons. The Morgan fingerprint density at radius 2 is 2.27 bits per heavy atom. The lowest BCUT2D eigenvalue weighted by Gasteiger charge is -2.08. The molecule has 0 spiro atoms. The molecule has 1 fully saturated rings. The van der Waals surface area contributed by atoms with Crippen LogP contribution in [0.3, 0.4) is 0 Å². The van der Waals surface area contributed by atoms with Crippen LogP contribution in [0.5, 0.6) is 0 Å². The van der Waals surface area contributed by atoms with Crippen molar-refractivity contribution in [3.8, 4) is 11.8 Å². The number of amides is 1. The van der Waals surface area contributed by atoms with Crippen molar-refractivity contribution < 1.29 is 4.79 Å². The summed E-state index contributed by atoms with van der Waals surface area (Å²) in [6.45, 7) is 1.83. The van der Waals surface area contributed by atoms with Crippen LogP contribution in [0.25, 0.3) is 5.69 Å². The normalized spacial score (nSPS) is 14.6. The van der Waals surface area contributed by atoms with Gasteiger partial charge in [-0.15, -0.1) is 0 Å². The predicted octanol–water partition coefficient (Wildman–Crippen LogP) is 3.09. The van der Waals surface area contributed by atoms with Gasteiger partial charge in [-0.05, 0) is 38.0 Å². The molecule has 1 aliphatic carbocycles. The maximum atomic E-state index is 12.5. The number of benzene rings is 1. The monoisotopic (exact) mass is 346 g/mol. The van der Waals surface area contributed by atoms with Crippen LogP contribution in [-0.4, -0.2) is 25.9 Å². The molecule has 2 N–H and O–H groups in total. The minimum Gasteiger partial charge on any atom is -0.309 e. The minimum absolute atomic E-state index is 0.135. The van der Waals surface area contributed by atoms with Gasteiger partial charge in [0, 0.05) is 29.4 Å². The van der Waals surface area contributed by atoms with E-state index in [9.17, 15) is 4.79 Å². The fraction of sp³-hybridized carbons (Fsp3) is 0.263. The molecule has 4 rings (SSSR count). The molecule has 1 aliphatic rings. The molecular weight excluding hydrogens is 328 g/mol. The number of carbonyl (C=O) groups excluding carboxylic acids is 1. The summed E-state index contributed by atoms with van der Waals surface area (Å²) in [6, 6.07) is 11.2. The zero-order chi connectivity index (χ0) is 18.1. The van der Waals surface area contributed by atoms with Crippen molar-refractivity contribution >= 4 is 11.7 Å². The Morgan fingerprint density at radius 3 is 3.04 bits per heavy atom. The van der Waals surface area contributed by atoms with Crippen LogP contribution < -0.4 is 5.32 Å². The Balaban J connectivity index is 1.47. The number of nitrogens with one attached hydrogen (secondary N) is 2. The van der Waals surface area contributed by atoms with Crippen LogP contribution in [0.2, 0.25) is 0 Å². The van der Waals surface area contributed by atoms with Gasteiger partial charge in [0.1, 0.15) is 0 Å². The number of anilines is 1. The number of H-pyrrole nitrogens is 1. The van der Waals surface area contributed by atoms with Crippen LogP contribution in [-0.2, 0) is 4.79 Å². The van der Waals surface area contributed by atoms with E-state index in [2.05, 4.69) is 26.7 Å². The highest BCUT2D eigenvalue weighted by Crippen LogP contribution is 2.39. The van der Waals surface area contributed by atoms with Crippen molar-refractivity contribution in [2.75, 3.05) is 5.32 Å². The quantitative estimate of drug-likeness (QED) is 0.741. The van der Waals surface area contributed by atoms with Crippen molar-refractivity contribution in [1.29, 1.82) is 5.26 Å². The molecule has 1 unspecified atom stereocenters. The SMILES string of the molecule is CC(C(=O)Nc1cc(C2CC2)[nH]n1)c1cnn(-c2cccc(C#N)c2)c1. The first kappa shape index (κ1) is 16.1. The fourth-order valence-corrected chi connectivity index (χ4v) is 2.81. The second-order valence-corrected chi connectivity index (χ2v) is 6.57. The third kappa shape index (κ3) is 3.22. The summed E-state index contributed by atoms with van der Waals surface area (Å²) in [5, 5.41) is 23.3. The summed E-state index contributed by atoms with van der Waals surface area (Å²) in [6.07, 6.45) is 5.83. The Bertz CT molecular complexity index is 991. The van der Waals surface area contributed by atoms with Gasteiger partial charge in [-0.25, -0.2) is 4.68 Å². The van der Waals surface area contributed by atoms with Gasteiger partial charge in [0.15, 0.2) is 5.82 Å². The first-order valence-electron chi connectivity index (χ1n) is 8.55. The molecule has 26 heavy (non-hydrogen) atoms. The number of rotatable bonds is 5. The summed E-state index contributed by atoms with van der Waals surface area (Å²) >= 11 is 0. The average Bonchev–Trinajstić information content (AvgIpc) is 3.21. The molecule has 1 aromatic carbocycles. The summed E-state index contributed by atoms with van der Waals surface area (Å²) in [7, 11) is 0. The molecule has 1 saturated carbocycles. The highest BCUT2D eigenvalue weighted by molar-refractivity contribution is 5.94. The molecule has 0 bridgehead atoms. The first-order valence-corrected chi connectivity index (χ1v) is 8.55. The number of aromatic amines is 1. The number of carbonyl (C=O) groups is 1. The van der Waals surface area contributed by atoms with Gasteiger partial charge in [0.2, 0.25) is 5.91 Å². The summed E-state index contributed by atoms with van der Waals surface area (Å²) in [5.41, 5.74) is 3.22. The molecule has 2 heterocycles. The van der Waals surface area contributed by atoms with Crippen molar-refractivity contribution in [2.24, 2.45) is 0 Å². The highest BCUT2D eigenvalue weighted by Gasteiger charge is 2.26. The average molecular weight is 346 g/mol. The van der Waals surface area contributed by atoms with Crippen LogP contribution in [0.15, 0.2) is 42.7 Å². The van der Waals surface area contributed by atoms with E-state index >= 15 is 0 Å². The Labute approximate surface area is 150 Å². The lowest BCUT2D eigenvalue weighted by Crippen LogP contribution is -2.18. The van der Waals surface area contributed by atoms with Crippen molar-refractivity contribution in [3.63, 3.8) is 0 Å². The van der Waals surface area contributed by atoms with E-state index in [1.807, 2.05) is 19.1 Å². The summed E-state index contributed by atoms with van der Waals surface area (Å²) in [4.78, 5) is 12.5. The molecule has 1 atom stereocenters. The molecule has 0 aliphatic heterocycles.